The molecule has 6 nitrogen and oxygen atoms in total. The molecular weight excluding hydrogens is 390 g/mol. The number of fused-ring (bicyclic) bond motifs is 1. The fraction of sp³-hybridized carbons (Fsp3) is 0.136. The Balaban J connectivity index is 1.58. The first-order valence-corrected chi connectivity index (χ1v) is 9.57. The van der Waals surface area contributed by atoms with Crippen LogP contribution in [-0.2, 0) is 14.4 Å². The zero-order valence-corrected chi connectivity index (χ0v) is 15.9. The fourth-order valence-corrected chi connectivity index (χ4v) is 4.08. The number of hydroxylamine groups is 1. The number of nitrogens with zero attached hydrogens (tertiary/aromatic N) is 3. The zero-order chi connectivity index (χ0) is 20.0. The third-order valence-corrected chi connectivity index (χ3v) is 5.51. The van der Waals surface area contributed by atoms with Crippen molar-refractivity contribution in [3.63, 3.8) is 0 Å². The van der Waals surface area contributed by atoms with Gasteiger partial charge in [-0.2, -0.15) is 0 Å². The van der Waals surface area contributed by atoms with Crippen LogP contribution in [0.25, 0.3) is 0 Å². The monoisotopic (exact) mass is 405 g/mol. The lowest BCUT2D eigenvalue weighted by molar-refractivity contribution is -0.126. The minimum atomic E-state index is -0.892. The first-order chi connectivity index (χ1) is 14.1. The van der Waals surface area contributed by atoms with Gasteiger partial charge in [-0.25, -0.2) is 9.96 Å². The van der Waals surface area contributed by atoms with Gasteiger partial charge in [0, 0.05) is 17.4 Å². The summed E-state index contributed by atoms with van der Waals surface area (Å²) in [6.07, 6.45) is 2.45. The second kappa shape index (κ2) is 6.99. The molecule has 1 aromatic heterocycles. The molecule has 7 heteroatoms. The van der Waals surface area contributed by atoms with E-state index in [-0.39, 0.29) is 11.8 Å². The average molecular weight is 406 g/mol. The third kappa shape index (κ3) is 2.88. The van der Waals surface area contributed by atoms with Gasteiger partial charge in [0.15, 0.2) is 6.10 Å². The number of imide groups is 1. The molecule has 0 radical (unpaired) electrons. The van der Waals surface area contributed by atoms with Gasteiger partial charge in [-0.05, 0) is 54.1 Å². The number of hydrogen-bond acceptors (Lipinski definition) is 5. The average Bonchev–Trinajstić information content (AvgIpc) is 3.27. The minimum absolute atomic E-state index is 0.289. The summed E-state index contributed by atoms with van der Waals surface area (Å²) in [4.78, 5) is 37.9. The molecule has 2 amide bonds. The molecule has 3 atom stereocenters. The Morgan fingerprint density at radius 3 is 2.21 bits per heavy atom. The maximum atomic E-state index is 13.4. The molecule has 2 saturated heterocycles. The minimum Gasteiger partial charge on any atom is -0.273 e. The molecule has 0 unspecified atom stereocenters. The van der Waals surface area contributed by atoms with Crippen LogP contribution in [-0.4, -0.2) is 22.9 Å². The number of para-hydroxylation sites is 1. The van der Waals surface area contributed by atoms with E-state index in [4.69, 9.17) is 16.4 Å². The first kappa shape index (κ1) is 17.8. The van der Waals surface area contributed by atoms with E-state index in [1.807, 2.05) is 42.5 Å². The summed E-state index contributed by atoms with van der Waals surface area (Å²) in [6.45, 7) is 0. The Morgan fingerprint density at radius 2 is 1.52 bits per heavy atom. The van der Waals surface area contributed by atoms with Crippen LogP contribution < -0.4 is 9.96 Å². The molecule has 0 spiro atoms. The standard InChI is InChI=1S/C22H16ClN3O3/c23-15-6-8-16(9-7-15)25-21(27)18-19(14-10-12-24-13-11-14)26(29-20(18)22(25)28)17-4-2-1-3-5-17/h1-13,18-20H/t18-,19+,20+/m0/s1. The third-order valence-electron chi connectivity index (χ3n) is 5.26. The van der Waals surface area contributed by atoms with Crippen molar-refractivity contribution in [2.24, 2.45) is 5.92 Å². The van der Waals surface area contributed by atoms with E-state index in [0.717, 1.165) is 11.3 Å². The van der Waals surface area contributed by atoms with E-state index in [9.17, 15) is 9.59 Å². The van der Waals surface area contributed by atoms with Crippen molar-refractivity contribution < 1.29 is 14.4 Å². The van der Waals surface area contributed by atoms with Gasteiger partial charge in [-0.1, -0.05) is 29.8 Å². The van der Waals surface area contributed by atoms with Crippen LogP contribution in [0.3, 0.4) is 0 Å². The van der Waals surface area contributed by atoms with Crippen molar-refractivity contribution in [1.29, 1.82) is 0 Å². The van der Waals surface area contributed by atoms with Crippen molar-refractivity contribution in [3.8, 4) is 0 Å². The first-order valence-electron chi connectivity index (χ1n) is 9.19. The van der Waals surface area contributed by atoms with Crippen LogP contribution in [0.15, 0.2) is 79.1 Å². The van der Waals surface area contributed by atoms with E-state index < -0.39 is 18.1 Å². The summed E-state index contributed by atoms with van der Waals surface area (Å²) in [5.41, 5.74) is 2.12. The van der Waals surface area contributed by atoms with Crippen molar-refractivity contribution in [3.05, 3.63) is 89.7 Å². The van der Waals surface area contributed by atoms with Crippen LogP contribution in [0.1, 0.15) is 11.6 Å². The molecule has 2 aliphatic rings. The van der Waals surface area contributed by atoms with Crippen molar-refractivity contribution in [2.75, 3.05) is 9.96 Å². The summed E-state index contributed by atoms with van der Waals surface area (Å²) >= 11 is 5.95. The molecule has 0 aliphatic carbocycles. The number of hydrogen-bond donors (Lipinski definition) is 0. The lowest BCUT2D eigenvalue weighted by Gasteiger charge is -2.28. The SMILES string of the molecule is O=C1[C@H]2[C@@H](c3ccncc3)N(c3ccccc3)O[C@H]2C(=O)N1c1ccc(Cl)cc1. The quantitative estimate of drug-likeness (QED) is 0.620. The summed E-state index contributed by atoms with van der Waals surface area (Å²) in [5.74, 6) is -1.33. The predicted molar refractivity (Wildman–Crippen MR) is 108 cm³/mol. The number of pyridine rings is 1. The zero-order valence-electron chi connectivity index (χ0n) is 15.2. The Labute approximate surface area is 172 Å². The van der Waals surface area contributed by atoms with Gasteiger partial charge in [-0.3, -0.25) is 19.4 Å². The highest BCUT2D eigenvalue weighted by Gasteiger charge is 2.60. The van der Waals surface area contributed by atoms with Gasteiger partial charge in [-0.15, -0.1) is 0 Å². The molecule has 3 aromatic rings. The topological polar surface area (TPSA) is 62.7 Å². The van der Waals surface area contributed by atoms with Crippen LogP contribution in [0.4, 0.5) is 11.4 Å². The van der Waals surface area contributed by atoms with Crippen molar-refractivity contribution >= 4 is 34.8 Å². The van der Waals surface area contributed by atoms with Gasteiger partial charge >= 0.3 is 0 Å². The van der Waals surface area contributed by atoms with E-state index >= 15 is 0 Å². The number of aromatic nitrogens is 1. The maximum absolute atomic E-state index is 13.4. The smallest absolute Gasteiger partial charge is 0.266 e. The number of benzene rings is 2. The van der Waals surface area contributed by atoms with Gasteiger partial charge in [0.2, 0.25) is 5.91 Å². The lowest BCUT2D eigenvalue weighted by atomic mass is 9.91. The van der Waals surface area contributed by atoms with Gasteiger partial charge in [0.05, 0.1) is 17.4 Å². The summed E-state index contributed by atoms with van der Waals surface area (Å²) < 4.78 is 0. The molecule has 2 aliphatic heterocycles. The van der Waals surface area contributed by atoms with Gasteiger partial charge in [0.25, 0.3) is 5.91 Å². The summed E-state index contributed by atoms with van der Waals surface area (Å²) in [7, 11) is 0. The number of carbonyl (C=O) groups excluding carboxylic acids is 2. The molecular formula is C22H16ClN3O3. The van der Waals surface area contributed by atoms with Gasteiger partial charge in [0.1, 0.15) is 5.92 Å². The Bertz CT molecular complexity index is 1060. The Hall–Kier alpha value is -3.22. The highest BCUT2D eigenvalue weighted by atomic mass is 35.5. The second-order valence-corrected chi connectivity index (χ2v) is 7.36. The fourth-order valence-electron chi connectivity index (χ4n) is 3.96. The van der Waals surface area contributed by atoms with Crippen LogP contribution in [0.5, 0.6) is 0 Å². The molecule has 3 heterocycles. The number of anilines is 2. The molecule has 0 saturated carbocycles. The molecule has 0 N–H and O–H groups in total. The van der Waals surface area contributed by atoms with E-state index in [0.29, 0.717) is 10.7 Å². The van der Waals surface area contributed by atoms with Gasteiger partial charge < -0.3 is 0 Å². The van der Waals surface area contributed by atoms with E-state index in [1.54, 1.807) is 41.7 Å². The van der Waals surface area contributed by atoms with E-state index in [1.165, 1.54) is 4.90 Å². The van der Waals surface area contributed by atoms with Crippen LogP contribution in [0, 0.1) is 5.92 Å². The molecule has 5 rings (SSSR count). The predicted octanol–water partition coefficient (Wildman–Crippen LogP) is 3.79. The molecule has 2 fully saturated rings. The second-order valence-electron chi connectivity index (χ2n) is 6.93. The molecule has 29 heavy (non-hydrogen) atoms. The molecule has 144 valence electrons. The number of rotatable bonds is 3. The molecule has 2 aromatic carbocycles. The van der Waals surface area contributed by atoms with Crippen LogP contribution in [0.2, 0.25) is 5.02 Å². The highest BCUT2D eigenvalue weighted by Crippen LogP contribution is 2.47. The Kier molecular flexibility index (Phi) is 4.30. The summed E-state index contributed by atoms with van der Waals surface area (Å²) in [5, 5.41) is 2.20. The Morgan fingerprint density at radius 1 is 0.828 bits per heavy atom. The largest absolute Gasteiger partial charge is 0.273 e. The van der Waals surface area contributed by atoms with E-state index in [2.05, 4.69) is 4.98 Å². The summed E-state index contributed by atoms with van der Waals surface area (Å²) in [6, 6.07) is 19.3. The number of amides is 2. The maximum Gasteiger partial charge on any atom is 0.266 e. The number of halogens is 1. The highest BCUT2D eigenvalue weighted by molar-refractivity contribution is 6.31. The van der Waals surface area contributed by atoms with Crippen LogP contribution >= 0.6 is 11.6 Å². The van der Waals surface area contributed by atoms with Crippen molar-refractivity contribution in [1.82, 2.24) is 4.98 Å². The number of carbonyl (C=O) groups is 2. The lowest BCUT2D eigenvalue weighted by Crippen LogP contribution is -2.37. The molecule has 0 bridgehead atoms. The van der Waals surface area contributed by atoms with Crippen molar-refractivity contribution in [2.45, 2.75) is 12.1 Å². The normalized spacial score (nSPS) is 23.6.